The average Bonchev–Trinajstić information content (AvgIpc) is 2.72. The monoisotopic (exact) mass is 404 g/mol. The number of hydrogen-bond acceptors (Lipinski definition) is 5. The first kappa shape index (κ1) is 20.6. The fourth-order valence-electron chi connectivity index (χ4n) is 3.62. The average molecular weight is 404 g/mol. The van der Waals surface area contributed by atoms with E-state index in [2.05, 4.69) is 10.6 Å². The number of halogens is 2. The van der Waals surface area contributed by atoms with E-state index in [1.807, 2.05) is 0 Å². The zero-order valence-corrected chi connectivity index (χ0v) is 15.9. The van der Waals surface area contributed by atoms with Gasteiger partial charge in [-0.1, -0.05) is 0 Å². The van der Waals surface area contributed by atoms with Crippen LogP contribution in [0.1, 0.15) is 35.8 Å². The molecule has 0 saturated carbocycles. The van der Waals surface area contributed by atoms with Crippen molar-refractivity contribution in [1.82, 2.24) is 0 Å². The van der Waals surface area contributed by atoms with Crippen molar-refractivity contribution in [3.05, 3.63) is 59.2 Å². The Hall–Kier alpha value is -3.16. The third-order valence-corrected chi connectivity index (χ3v) is 5.06. The van der Waals surface area contributed by atoms with E-state index in [4.69, 9.17) is 9.84 Å². The topological polar surface area (TPSA) is 87.7 Å². The molecule has 2 aliphatic heterocycles. The Morgan fingerprint density at radius 2 is 1.41 bits per heavy atom. The summed E-state index contributed by atoms with van der Waals surface area (Å²) in [6.07, 6.45) is 1.15. The first-order chi connectivity index (χ1) is 13.9. The number of carboxylic acid groups (broad SMARTS) is 1. The highest BCUT2D eigenvalue weighted by Gasteiger charge is 2.27. The normalized spacial score (nSPS) is 19.3. The molecule has 2 aromatic carbocycles. The van der Waals surface area contributed by atoms with E-state index in [-0.39, 0.29) is 17.7 Å². The number of methoxy groups -OCH3 is 1. The number of fused-ring (bicyclic) bond motifs is 2. The number of anilines is 2. The minimum atomic E-state index is -0.890. The molecule has 2 heterocycles. The fraction of sp³-hybridized carbons (Fsp3) is 0.333. The number of carbonyl (C=O) groups is 2. The van der Waals surface area contributed by atoms with E-state index < -0.39 is 17.7 Å². The highest BCUT2D eigenvalue weighted by molar-refractivity contribution is 5.81. The number of carboxylic acids is 1. The molecule has 0 saturated heterocycles. The van der Waals surface area contributed by atoms with Crippen molar-refractivity contribution in [3.63, 3.8) is 0 Å². The maximum absolute atomic E-state index is 13.1. The second-order valence-corrected chi connectivity index (χ2v) is 6.86. The van der Waals surface area contributed by atoms with E-state index in [1.54, 1.807) is 12.1 Å². The summed E-state index contributed by atoms with van der Waals surface area (Å²) >= 11 is 0. The number of hydrogen-bond donors (Lipinski definition) is 3. The molecule has 0 bridgehead atoms. The largest absolute Gasteiger partial charge is 0.481 e. The second kappa shape index (κ2) is 8.89. The number of nitrogens with one attached hydrogen (secondary N) is 2. The molecule has 6 nitrogen and oxygen atoms in total. The van der Waals surface area contributed by atoms with Crippen molar-refractivity contribution < 1.29 is 28.2 Å². The third kappa shape index (κ3) is 4.64. The van der Waals surface area contributed by atoms with Gasteiger partial charge in [-0.2, -0.15) is 0 Å². The molecule has 0 radical (unpaired) electrons. The van der Waals surface area contributed by atoms with E-state index in [1.165, 1.54) is 31.4 Å². The van der Waals surface area contributed by atoms with Gasteiger partial charge in [0.15, 0.2) is 0 Å². The van der Waals surface area contributed by atoms with E-state index in [0.717, 1.165) is 11.4 Å². The number of rotatable bonds is 2. The molecule has 29 heavy (non-hydrogen) atoms. The van der Waals surface area contributed by atoms with E-state index in [0.29, 0.717) is 37.1 Å². The summed E-state index contributed by atoms with van der Waals surface area (Å²) in [5.74, 6) is -2.84. The van der Waals surface area contributed by atoms with Gasteiger partial charge >= 0.3 is 11.9 Å². The van der Waals surface area contributed by atoms with Crippen LogP contribution in [0.15, 0.2) is 36.4 Å². The molecule has 2 unspecified atom stereocenters. The highest BCUT2D eigenvalue weighted by Crippen LogP contribution is 2.33. The summed E-state index contributed by atoms with van der Waals surface area (Å²) in [6.45, 7) is 1.33. The second-order valence-electron chi connectivity index (χ2n) is 6.86. The van der Waals surface area contributed by atoms with Gasteiger partial charge < -0.3 is 20.5 Å². The molecule has 0 aromatic heterocycles. The Morgan fingerprint density at radius 3 is 1.90 bits per heavy atom. The van der Waals surface area contributed by atoms with E-state index >= 15 is 0 Å². The molecular weight excluding hydrogens is 382 g/mol. The Balaban J connectivity index is 0.000000166. The van der Waals surface area contributed by atoms with Gasteiger partial charge in [0.2, 0.25) is 0 Å². The van der Waals surface area contributed by atoms with Crippen LogP contribution >= 0.6 is 0 Å². The zero-order chi connectivity index (χ0) is 21.0. The van der Waals surface area contributed by atoms with Gasteiger partial charge in [-0.25, -0.2) is 8.78 Å². The molecular formula is C21H22F2N2O4. The van der Waals surface area contributed by atoms with Gasteiger partial charge in [0.1, 0.15) is 11.6 Å². The lowest BCUT2D eigenvalue weighted by molar-refractivity contribution is -0.142. The van der Waals surface area contributed by atoms with Crippen LogP contribution in [0.5, 0.6) is 0 Å². The summed E-state index contributed by atoms with van der Waals surface area (Å²) in [4.78, 5) is 22.3. The molecule has 3 N–H and O–H groups in total. The number of ether oxygens (including phenoxy) is 1. The highest BCUT2D eigenvalue weighted by atomic mass is 19.1. The first-order valence-corrected chi connectivity index (χ1v) is 9.28. The number of carbonyl (C=O) groups excluding carboxylic acids is 1. The first-order valence-electron chi connectivity index (χ1n) is 9.28. The van der Waals surface area contributed by atoms with Gasteiger partial charge in [-0.15, -0.1) is 0 Å². The van der Waals surface area contributed by atoms with Crippen LogP contribution in [0.2, 0.25) is 0 Å². The predicted octanol–water partition coefficient (Wildman–Crippen LogP) is 3.71. The Morgan fingerprint density at radius 1 is 0.931 bits per heavy atom. The van der Waals surface area contributed by atoms with Crippen molar-refractivity contribution in [3.8, 4) is 0 Å². The SMILES string of the molecule is COC(=O)C1CCNc2ccc(F)cc21.O=C(O)C1CCNc2ccc(F)cc21. The smallest absolute Gasteiger partial charge is 0.313 e. The molecule has 8 heteroatoms. The lowest BCUT2D eigenvalue weighted by Crippen LogP contribution is -2.23. The molecule has 2 aromatic rings. The summed E-state index contributed by atoms with van der Waals surface area (Å²) in [5, 5.41) is 15.1. The van der Waals surface area contributed by atoms with Crippen molar-refractivity contribution in [2.45, 2.75) is 24.7 Å². The molecule has 0 amide bonds. The minimum Gasteiger partial charge on any atom is -0.481 e. The van der Waals surface area contributed by atoms with E-state index in [9.17, 15) is 18.4 Å². The van der Waals surface area contributed by atoms with Crippen LogP contribution in [-0.4, -0.2) is 37.2 Å². The van der Waals surface area contributed by atoms with Crippen molar-refractivity contribution in [2.24, 2.45) is 0 Å². The minimum absolute atomic E-state index is 0.302. The maximum atomic E-state index is 13.1. The molecule has 2 atom stereocenters. The van der Waals surface area contributed by atoms with Crippen LogP contribution in [0.25, 0.3) is 0 Å². The van der Waals surface area contributed by atoms with Gasteiger partial charge in [-0.05, 0) is 60.4 Å². The van der Waals surface area contributed by atoms with Crippen molar-refractivity contribution in [2.75, 3.05) is 30.8 Å². The standard InChI is InChI=1S/C11H12FNO2.C10H10FNO2/c1-15-11(14)8-4-5-13-10-3-2-7(12)6-9(8)10;11-6-1-2-9-8(5-6)7(10(13)14)3-4-12-9/h2-3,6,8,13H,4-5H2,1H3;1-2,5,7,12H,3-4H2,(H,13,14). The van der Waals surface area contributed by atoms with Crippen LogP contribution in [0.3, 0.4) is 0 Å². The van der Waals surface area contributed by atoms with Crippen molar-refractivity contribution >= 4 is 23.3 Å². The van der Waals surface area contributed by atoms with Gasteiger partial charge in [0, 0.05) is 24.5 Å². The molecule has 0 spiro atoms. The van der Waals surface area contributed by atoms with Crippen molar-refractivity contribution in [1.29, 1.82) is 0 Å². The Kier molecular flexibility index (Phi) is 6.31. The van der Waals surface area contributed by atoms with Crippen LogP contribution in [0.4, 0.5) is 20.2 Å². The van der Waals surface area contributed by atoms with Crippen LogP contribution < -0.4 is 10.6 Å². The fourth-order valence-corrected chi connectivity index (χ4v) is 3.62. The van der Waals surface area contributed by atoms with Crippen LogP contribution in [-0.2, 0) is 14.3 Å². The zero-order valence-electron chi connectivity index (χ0n) is 15.9. The van der Waals surface area contributed by atoms with Gasteiger partial charge in [0.05, 0.1) is 18.9 Å². The summed E-state index contributed by atoms with van der Waals surface area (Å²) in [5.41, 5.74) is 2.78. The summed E-state index contributed by atoms with van der Waals surface area (Å²) < 4.78 is 30.7. The van der Waals surface area contributed by atoms with Gasteiger partial charge in [-0.3, -0.25) is 9.59 Å². The molecule has 154 valence electrons. The number of esters is 1. The third-order valence-electron chi connectivity index (χ3n) is 5.06. The summed E-state index contributed by atoms with van der Waals surface area (Å²) in [7, 11) is 1.35. The number of benzene rings is 2. The predicted molar refractivity (Wildman–Crippen MR) is 104 cm³/mol. The molecule has 4 rings (SSSR count). The number of aliphatic carboxylic acids is 1. The molecule has 0 aliphatic carbocycles. The summed E-state index contributed by atoms with van der Waals surface area (Å²) in [6, 6.07) is 8.63. The Bertz CT molecular complexity index is 920. The van der Waals surface area contributed by atoms with Gasteiger partial charge in [0.25, 0.3) is 0 Å². The quantitative estimate of drug-likeness (QED) is 0.662. The lowest BCUT2D eigenvalue weighted by atomic mass is 9.91. The molecule has 0 fully saturated rings. The van der Waals surface area contributed by atoms with Crippen LogP contribution in [0, 0.1) is 11.6 Å². The maximum Gasteiger partial charge on any atom is 0.313 e. The Labute approximate surface area is 166 Å². The molecule has 2 aliphatic rings. The lowest BCUT2D eigenvalue weighted by Gasteiger charge is -2.24.